The van der Waals surface area contributed by atoms with Crippen molar-refractivity contribution in [3.05, 3.63) is 48.6 Å². The Hall–Kier alpha value is -1.73. The average Bonchev–Trinajstić information content (AvgIpc) is 3.03. The van der Waals surface area contributed by atoms with E-state index in [1.807, 2.05) is 43.4 Å². The molecule has 6 nitrogen and oxygen atoms in total. The number of hydrogen-bond acceptors (Lipinski definition) is 5. The van der Waals surface area contributed by atoms with E-state index in [1.165, 1.54) is 0 Å². The molecule has 0 saturated carbocycles. The largest absolute Gasteiger partial charge is 0.481 e. The Morgan fingerprint density at radius 1 is 1.11 bits per heavy atom. The van der Waals surface area contributed by atoms with Crippen molar-refractivity contribution in [2.45, 2.75) is 82.4 Å². The summed E-state index contributed by atoms with van der Waals surface area (Å²) >= 11 is 0. The summed E-state index contributed by atoms with van der Waals surface area (Å²) in [6.07, 6.45) is 15.2. The summed E-state index contributed by atoms with van der Waals surface area (Å²) in [6.45, 7) is 2.03. The summed E-state index contributed by atoms with van der Waals surface area (Å²) in [7, 11) is 0. The predicted molar refractivity (Wildman–Crippen MR) is 109 cm³/mol. The van der Waals surface area contributed by atoms with Gasteiger partial charge in [-0.2, -0.15) is 0 Å². The molecule has 1 aliphatic heterocycles. The van der Waals surface area contributed by atoms with Crippen LogP contribution in [0.5, 0.6) is 0 Å². The molecule has 0 unspecified atom stereocenters. The second kappa shape index (κ2) is 14.3. The lowest BCUT2D eigenvalue weighted by atomic mass is 10.0. The Kier molecular flexibility index (Phi) is 12.4. The lowest BCUT2D eigenvalue weighted by molar-refractivity contribution is -0.136. The summed E-state index contributed by atoms with van der Waals surface area (Å²) in [5.74, 6) is -0.807. The van der Waals surface area contributed by atoms with Crippen LogP contribution in [0.1, 0.15) is 51.9 Å². The minimum atomic E-state index is -0.807. The molecule has 1 aliphatic rings. The Balaban J connectivity index is 2.31. The molecule has 0 spiro atoms. The van der Waals surface area contributed by atoms with Gasteiger partial charge in [0, 0.05) is 12.8 Å². The minimum Gasteiger partial charge on any atom is -0.481 e. The Labute approximate surface area is 167 Å². The number of aliphatic hydroxyl groups is 3. The topological polar surface area (TPSA) is 107 Å². The first-order valence-electron chi connectivity index (χ1n) is 9.98. The quantitative estimate of drug-likeness (QED) is 0.358. The number of carboxylic acids is 1. The molecule has 6 heteroatoms. The zero-order valence-electron chi connectivity index (χ0n) is 16.6. The number of allylic oxidation sites excluding steroid dienone is 4. The lowest BCUT2D eigenvalue weighted by Crippen LogP contribution is -2.25. The third-order valence-corrected chi connectivity index (χ3v) is 4.42. The molecule has 0 aromatic heterocycles. The highest BCUT2D eigenvalue weighted by molar-refractivity contribution is 5.66. The second-order valence-corrected chi connectivity index (χ2v) is 6.92. The van der Waals surface area contributed by atoms with Crippen LogP contribution in [0.2, 0.25) is 0 Å². The first-order valence-corrected chi connectivity index (χ1v) is 9.98. The molecule has 4 N–H and O–H groups in total. The van der Waals surface area contributed by atoms with Crippen molar-refractivity contribution in [1.82, 2.24) is 0 Å². The molecular weight excluding hydrogens is 360 g/mol. The van der Waals surface area contributed by atoms with Gasteiger partial charge in [-0.05, 0) is 32.1 Å². The molecule has 5 atom stereocenters. The predicted octanol–water partition coefficient (Wildman–Crippen LogP) is 2.90. The third kappa shape index (κ3) is 10.6. The Bertz CT molecular complexity index is 551. The van der Waals surface area contributed by atoms with Crippen molar-refractivity contribution in [2.24, 2.45) is 0 Å². The fourth-order valence-electron chi connectivity index (χ4n) is 2.84. The summed E-state index contributed by atoms with van der Waals surface area (Å²) in [4.78, 5) is 10.4. The number of carboxylic acid groups (broad SMARTS) is 1. The van der Waals surface area contributed by atoms with E-state index >= 15 is 0 Å². The molecule has 0 bridgehead atoms. The standard InChI is InChI=1S/C22H34O6/c1-2-3-8-11-17(23)14-15-20-19(25)16-21(28-20)18(24)12-9-6-4-5-7-10-13-22(26)27/h3,5-9,14-15,17-21,23-25H,2,4,10-13,16H2,1H3,(H,26,27)/b7-5-,8-3-,9-6-,15-14+/t17-,18+,19-,20-,21-/m1/s1. The zero-order chi connectivity index (χ0) is 20.8. The minimum absolute atomic E-state index is 0.127. The second-order valence-electron chi connectivity index (χ2n) is 6.92. The summed E-state index contributed by atoms with van der Waals surface area (Å²) in [5.41, 5.74) is 0. The molecule has 0 aromatic rings. The number of aliphatic hydroxyl groups excluding tert-OH is 3. The van der Waals surface area contributed by atoms with Crippen LogP contribution in [0.15, 0.2) is 48.6 Å². The first kappa shape index (κ1) is 24.3. The van der Waals surface area contributed by atoms with Gasteiger partial charge in [-0.3, -0.25) is 4.79 Å². The number of hydrogen-bond donors (Lipinski definition) is 4. The van der Waals surface area contributed by atoms with Crippen molar-refractivity contribution in [3.8, 4) is 0 Å². The summed E-state index contributed by atoms with van der Waals surface area (Å²) in [5, 5.41) is 38.8. The van der Waals surface area contributed by atoms with Crippen LogP contribution in [0.3, 0.4) is 0 Å². The number of carbonyl (C=O) groups is 1. The van der Waals surface area contributed by atoms with Gasteiger partial charge < -0.3 is 25.2 Å². The summed E-state index contributed by atoms with van der Waals surface area (Å²) < 4.78 is 5.72. The van der Waals surface area contributed by atoms with E-state index < -0.39 is 36.5 Å². The highest BCUT2D eigenvalue weighted by atomic mass is 16.5. The van der Waals surface area contributed by atoms with Gasteiger partial charge in [-0.15, -0.1) is 0 Å². The van der Waals surface area contributed by atoms with Crippen LogP contribution in [0.4, 0.5) is 0 Å². The average molecular weight is 395 g/mol. The zero-order valence-corrected chi connectivity index (χ0v) is 16.6. The van der Waals surface area contributed by atoms with E-state index in [4.69, 9.17) is 9.84 Å². The first-order chi connectivity index (χ1) is 13.4. The smallest absolute Gasteiger partial charge is 0.303 e. The number of ether oxygens (including phenoxy) is 1. The van der Waals surface area contributed by atoms with Crippen LogP contribution in [-0.2, 0) is 9.53 Å². The highest BCUT2D eigenvalue weighted by Gasteiger charge is 2.35. The van der Waals surface area contributed by atoms with E-state index in [2.05, 4.69) is 0 Å². The maximum absolute atomic E-state index is 10.4. The SMILES string of the molecule is CC/C=C\C[C@@H](O)/C=C/[C@H]1O[C@@H]([C@@H](O)C/C=C\C/C=C\CCC(=O)O)C[C@H]1O. The normalized spacial score (nSPS) is 25.5. The van der Waals surface area contributed by atoms with Gasteiger partial charge in [0.25, 0.3) is 0 Å². The van der Waals surface area contributed by atoms with E-state index in [0.717, 1.165) is 6.42 Å². The fourth-order valence-corrected chi connectivity index (χ4v) is 2.84. The Morgan fingerprint density at radius 2 is 1.82 bits per heavy atom. The molecule has 1 fully saturated rings. The number of rotatable bonds is 13. The molecule has 0 aliphatic carbocycles. The highest BCUT2D eigenvalue weighted by Crippen LogP contribution is 2.25. The lowest BCUT2D eigenvalue weighted by Gasteiger charge is -2.16. The van der Waals surface area contributed by atoms with Gasteiger partial charge in [0.1, 0.15) is 6.10 Å². The number of aliphatic carboxylic acids is 1. The fraction of sp³-hybridized carbons (Fsp3) is 0.591. The van der Waals surface area contributed by atoms with E-state index in [9.17, 15) is 20.1 Å². The molecule has 158 valence electrons. The molecule has 1 saturated heterocycles. The third-order valence-electron chi connectivity index (χ3n) is 4.42. The molecular formula is C22H34O6. The molecule has 1 rings (SSSR count). The molecule has 0 amide bonds. The molecule has 0 radical (unpaired) electrons. The molecule has 0 aromatic carbocycles. The summed E-state index contributed by atoms with van der Waals surface area (Å²) in [6, 6.07) is 0. The Morgan fingerprint density at radius 3 is 2.54 bits per heavy atom. The van der Waals surface area contributed by atoms with Crippen LogP contribution in [-0.4, -0.2) is 56.9 Å². The van der Waals surface area contributed by atoms with E-state index in [-0.39, 0.29) is 6.42 Å². The van der Waals surface area contributed by atoms with Gasteiger partial charge in [0.05, 0.1) is 24.4 Å². The van der Waals surface area contributed by atoms with E-state index in [1.54, 1.807) is 12.2 Å². The van der Waals surface area contributed by atoms with E-state index in [0.29, 0.717) is 32.1 Å². The van der Waals surface area contributed by atoms with Crippen molar-refractivity contribution in [1.29, 1.82) is 0 Å². The van der Waals surface area contributed by atoms with Crippen molar-refractivity contribution < 1.29 is 30.0 Å². The van der Waals surface area contributed by atoms with Gasteiger partial charge in [0.15, 0.2) is 0 Å². The van der Waals surface area contributed by atoms with Crippen LogP contribution >= 0.6 is 0 Å². The monoisotopic (exact) mass is 394 g/mol. The maximum Gasteiger partial charge on any atom is 0.303 e. The molecule has 1 heterocycles. The van der Waals surface area contributed by atoms with Crippen LogP contribution in [0.25, 0.3) is 0 Å². The van der Waals surface area contributed by atoms with Gasteiger partial charge in [0.2, 0.25) is 0 Å². The van der Waals surface area contributed by atoms with Crippen molar-refractivity contribution in [2.75, 3.05) is 0 Å². The van der Waals surface area contributed by atoms with Crippen molar-refractivity contribution >= 4 is 5.97 Å². The molecule has 28 heavy (non-hydrogen) atoms. The van der Waals surface area contributed by atoms with Gasteiger partial charge in [-0.25, -0.2) is 0 Å². The maximum atomic E-state index is 10.4. The van der Waals surface area contributed by atoms with Crippen LogP contribution < -0.4 is 0 Å². The van der Waals surface area contributed by atoms with Crippen molar-refractivity contribution in [3.63, 3.8) is 0 Å². The van der Waals surface area contributed by atoms with Crippen LogP contribution in [0, 0.1) is 0 Å². The van der Waals surface area contributed by atoms with Gasteiger partial charge >= 0.3 is 5.97 Å². The van der Waals surface area contributed by atoms with Gasteiger partial charge in [-0.1, -0.05) is 55.5 Å².